The van der Waals surface area contributed by atoms with E-state index in [1.165, 1.54) is 23.8 Å². The molecular weight excluding hydrogens is 613 g/mol. The first-order chi connectivity index (χ1) is 16.0. The number of carbonyl (C=O) groups excluding carboxylic acids is 4. The molecule has 3 heterocycles. The minimum absolute atomic E-state index is 0. The van der Waals surface area contributed by atoms with Gasteiger partial charge in [0.25, 0.3) is 11.8 Å². The van der Waals surface area contributed by atoms with Crippen LogP contribution in [0.1, 0.15) is 33.4 Å². The highest BCUT2D eigenvalue weighted by molar-refractivity contribution is 14.0. The van der Waals surface area contributed by atoms with E-state index >= 15 is 0 Å². The predicted octanol–water partition coefficient (Wildman–Crippen LogP) is 1.46. The predicted molar refractivity (Wildman–Crippen MR) is 140 cm³/mol. The molecule has 2 aliphatic rings. The molecule has 12 nitrogen and oxygen atoms in total. The van der Waals surface area contributed by atoms with Crippen molar-refractivity contribution < 1.29 is 33.5 Å². The molecule has 0 bridgehead atoms. The second-order valence-corrected chi connectivity index (χ2v) is 10.4. The molecule has 0 aliphatic carbocycles. The minimum Gasteiger partial charge on any atom is -0.427 e. The Morgan fingerprint density at radius 3 is 2.57 bits per heavy atom. The van der Waals surface area contributed by atoms with E-state index in [0.717, 1.165) is 11.3 Å². The lowest BCUT2D eigenvalue weighted by molar-refractivity contribution is -0.173. The lowest BCUT2D eigenvalue weighted by Gasteiger charge is -2.49. The smallest absolute Gasteiger partial charge is 0.357 e. The average Bonchev–Trinajstić information content (AvgIpc) is 3.20. The molecule has 15 heteroatoms. The van der Waals surface area contributed by atoms with Crippen LogP contribution in [0.15, 0.2) is 21.8 Å². The lowest BCUT2D eigenvalue weighted by atomic mass is 9.98. The van der Waals surface area contributed by atoms with Crippen molar-refractivity contribution in [3.8, 4) is 0 Å². The quantitative estimate of drug-likeness (QED) is 0.112. The molecule has 0 radical (unpaired) electrons. The molecule has 3 N–H and O–H groups in total. The number of hydrogen-bond donors (Lipinski definition) is 2. The summed E-state index contributed by atoms with van der Waals surface area (Å²) in [6, 6.07) is -0.898. The van der Waals surface area contributed by atoms with Crippen LogP contribution >= 0.6 is 47.1 Å². The molecule has 1 aromatic heterocycles. The number of nitrogens with zero attached hydrogens (tertiary/aromatic N) is 3. The Morgan fingerprint density at radius 2 is 2.00 bits per heavy atom. The Balaban J connectivity index is 0.00000432. The zero-order valence-corrected chi connectivity index (χ0v) is 23.6. The Kier molecular flexibility index (Phi) is 9.52. The summed E-state index contributed by atoms with van der Waals surface area (Å²) in [5.41, 5.74) is 5.67. The van der Waals surface area contributed by atoms with E-state index in [1.54, 1.807) is 33.1 Å². The summed E-state index contributed by atoms with van der Waals surface area (Å²) in [6.07, 6.45) is 0. The highest BCUT2D eigenvalue weighted by atomic mass is 127. The zero-order chi connectivity index (χ0) is 25.2. The summed E-state index contributed by atoms with van der Waals surface area (Å²) < 4.78 is 10.0. The number of nitrogen functional groups attached to an aromatic ring is 1. The van der Waals surface area contributed by atoms with Gasteiger partial charge in [-0.25, -0.2) is 9.78 Å². The SMILES string of the molecule is CO/N=C(/C(=O)N[C@@H]1C(=O)N2C(C(=O)OCOC(=O)C(C)(C)C)=C(C)CS[C@H]12)c1csc(N)n1.I. The molecule has 1 fully saturated rings. The number of aromatic nitrogens is 1. The molecule has 0 aromatic carbocycles. The number of fused-ring (bicyclic) bond motifs is 1. The van der Waals surface area contributed by atoms with Crippen LogP contribution < -0.4 is 11.1 Å². The van der Waals surface area contributed by atoms with Crippen LogP contribution in [0.25, 0.3) is 0 Å². The summed E-state index contributed by atoms with van der Waals surface area (Å²) in [4.78, 5) is 60.3. The molecule has 0 saturated carbocycles. The van der Waals surface area contributed by atoms with E-state index in [1.807, 2.05) is 0 Å². The number of hydrogen-bond acceptors (Lipinski definition) is 12. The van der Waals surface area contributed by atoms with Gasteiger partial charge in [-0.1, -0.05) is 5.16 Å². The Hall–Kier alpha value is -2.40. The topological polar surface area (TPSA) is 163 Å². The second kappa shape index (κ2) is 11.6. The standard InChI is InChI=1S/C20H25N5O7S2.HI/c1-9-6-33-16-12(23-14(26)11(24-30-5)10-7-34-19(21)22-10)15(27)25(16)13(9)17(28)31-8-32-18(29)20(2,3)4;/h7,12,16H,6,8H2,1-5H3,(H2,21,22)(H,23,26);1H/b24-11+;/t12-,16-;/m1./s1. The van der Waals surface area contributed by atoms with Crippen LogP contribution in [0, 0.1) is 5.41 Å². The van der Waals surface area contributed by atoms with E-state index in [2.05, 4.69) is 15.5 Å². The van der Waals surface area contributed by atoms with Gasteiger partial charge in [-0.05, 0) is 33.3 Å². The fraction of sp³-hybridized carbons (Fsp3) is 0.500. The first-order valence-electron chi connectivity index (χ1n) is 10.1. The molecule has 2 atom stereocenters. The maximum Gasteiger partial charge on any atom is 0.357 e. The van der Waals surface area contributed by atoms with Crippen LogP contribution in [-0.4, -0.2) is 70.4 Å². The van der Waals surface area contributed by atoms with Gasteiger partial charge in [0.1, 0.15) is 29.9 Å². The van der Waals surface area contributed by atoms with Gasteiger partial charge in [0.2, 0.25) is 6.79 Å². The van der Waals surface area contributed by atoms with Gasteiger partial charge in [-0.3, -0.25) is 19.3 Å². The van der Waals surface area contributed by atoms with Crippen LogP contribution in [0.5, 0.6) is 0 Å². The third kappa shape index (κ3) is 6.24. The summed E-state index contributed by atoms with van der Waals surface area (Å²) >= 11 is 2.52. The van der Waals surface area contributed by atoms with Crippen LogP contribution in [0.2, 0.25) is 0 Å². The van der Waals surface area contributed by atoms with Crippen molar-refractivity contribution in [3.05, 3.63) is 22.3 Å². The number of esters is 2. The molecule has 0 unspecified atom stereocenters. The number of rotatable bonds is 7. The molecular formula is C20H26IN5O7S2. The highest BCUT2D eigenvalue weighted by Crippen LogP contribution is 2.40. The number of amides is 2. The largest absolute Gasteiger partial charge is 0.427 e. The van der Waals surface area contributed by atoms with Crippen molar-refractivity contribution in [2.45, 2.75) is 39.1 Å². The summed E-state index contributed by atoms with van der Waals surface area (Å²) in [7, 11) is 1.28. The number of halogens is 1. The van der Waals surface area contributed by atoms with E-state index in [9.17, 15) is 19.2 Å². The molecule has 1 aromatic rings. The highest BCUT2D eigenvalue weighted by Gasteiger charge is 2.54. The third-order valence-corrected chi connectivity index (χ3v) is 6.89. The number of anilines is 1. The van der Waals surface area contributed by atoms with Gasteiger partial charge in [0.05, 0.1) is 5.41 Å². The van der Waals surface area contributed by atoms with Crippen molar-refractivity contribution in [1.82, 2.24) is 15.2 Å². The van der Waals surface area contributed by atoms with E-state index in [0.29, 0.717) is 11.3 Å². The normalized spacial score (nSPS) is 19.7. The number of nitrogens with two attached hydrogens (primary N) is 1. The van der Waals surface area contributed by atoms with Crippen LogP contribution in [0.4, 0.5) is 5.13 Å². The fourth-order valence-electron chi connectivity index (χ4n) is 3.09. The van der Waals surface area contributed by atoms with Gasteiger partial charge in [0.15, 0.2) is 10.8 Å². The second-order valence-electron chi connectivity index (χ2n) is 8.41. The van der Waals surface area contributed by atoms with Crippen molar-refractivity contribution in [2.24, 2.45) is 10.6 Å². The van der Waals surface area contributed by atoms with Crippen molar-refractivity contribution in [3.63, 3.8) is 0 Å². The van der Waals surface area contributed by atoms with Gasteiger partial charge in [0, 0.05) is 11.1 Å². The van der Waals surface area contributed by atoms with Gasteiger partial charge < -0.3 is 25.4 Å². The molecule has 35 heavy (non-hydrogen) atoms. The molecule has 0 spiro atoms. The molecule has 2 aliphatic heterocycles. The minimum atomic E-state index is -0.898. The number of oxime groups is 1. The number of thiazole rings is 1. The maximum atomic E-state index is 12.9. The number of β-lactam (4-membered cyclic amide) rings is 1. The van der Waals surface area contributed by atoms with Gasteiger partial charge >= 0.3 is 11.9 Å². The molecule has 192 valence electrons. The molecule has 3 rings (SSSR count). The Bertz CT molecular complexity index is 1080. The van der Waals surface area contributed by atoms with Gasteiger partial charge in [-0.15, -0.1) is 47.1 Å². The summed E-state index contributed by atoms with van der Waals surface area (Å²) in [5, 5.41) is 7.60. The Morgan fingerprint density at radius 1 is 1.31 bits per heavy atom. The number of ether oxygens (including phenoxy) is 2. The van der Waals surface area contributed by atoms with Crippen molar-refractivity contribution in [1.29, 1.82) is 0 Å². The maximum absolute atomic E-state index is 12.9. The average molecular weight is 639 g/mol. The summed E-state index contributed by atoms with van der Waals surface area (Å²) in [5.74, 6) is -2.04. The molecule has 2 amide bonds. The summed E-state index contributed by atoms with van der Waals surface area (Å²) in [6.45, 7) is 6.15. The first kappa shape index (κ1) is 28.8. The lowest BCUT2D eigenvalue weighted by Crippen LogP contribution is -2.71. The number of carbonyl (C=O) groups is 4. The fourth-order valence-corrected chi connectivity index (χ4v) is 4.93. The molecule has 1 saturated heterocycles. The van der Waals surface area contributed by atoms with Crippen LogP contribution in [-0.2, 0) is 33.5 Å². The first-order valence-corrected chi connectivity index (χ1v) is 12.0. The van der Waals surface area contributed by atoms with E-state index < -0.39 is 47.4 Å². The van der Waals surface area contributed by atoms with Crippen molar-refractivity contribution >= 4 is 81.7 Å². The van der Waals surface area contributed by atoms with Crippen molar-refractivity contribution in [2.75, 3.05) is 25.4 Å². The van der Waals surface area contributed by atoms with E-state index in [4.69, 9.17) is 20.0 Å². The Labute approximate surface area is 227 Å². The number of nitrogens with one attached hydrogen (secondary N) is 1. The van der Waals surface area contributed by atoms with Crippen LogP contribution in [0.3, 0.4) is 0 Å². The van der Waals surface area contributed by atoms with Gasteiger partial charge in [-0.2, -0.15) is 0 Å². The monoisotopic (exact) mass is 639 g/mol. The zero-order valence-electron chi connectivity index (χ0n) is 19.6. The van der Waals surface area contributed by atoms with E-state index in [-0.39, 0.29) is 46.2 Å². The third-order valence-electron chi connectivity index (χ3n) is 4.79. The number of thioether (sulfide) groups is 1.